The molecule has 0 radical (unpaired) electrons. The van der Waals surface area contributed by atoms with Crippen LogP contribution in [0.2, 0.25) is 0 Å². The first-order valence-electron chi connectivity index (χ1n) is 9.62. The van der Waals surface area contributed by atoms with Crippen molar-refractivity contribution in [1.29, 1.82) is 0 Å². The third kappa shape index (κ3) is 5.31. The average Bonchev–Trinajstić information content (AvgIpc) is 2.96. The van der Waals surface area contributed by atoms with Gasteiger partial charge in [-0.2, -0.15) is 8.78 Å². The first-order chi connectivity index (χ1) is 14.9. The highest BCUT2D eigenvalue weighted by Crippen LogP contribution is 2.32. The number of halogens is 4. The highest BCUT2D eigenvalue weighted by atomic mass is 35.5. The van der Waals surface area contributed by atoms with Gasteiger partial charge in [0, 0.05) is 43.6 Å². The smallest absolute Gasteiger partial charge is 0.286 e. The Kier molecular flexibility index (Phi) is 6.97. The number of nitrogens with one attached hydrogen (secondary N) is 1. The minimum atomic E-state index is -3.45. The van der Waals surface area contributed by atoms with E-state index in [1.54, 1.807) is 17.6 Å². The molecule has 0 bridgehead atoms. The Morgan fingerprint density at radius 1 is 1.28 bits per heavy atom. The highest BCUT2D eigenvalue weighted by molar-refractivity contribution is 7.90. The van der Waals surface area contributed by atoms with Crippen molar-refractivity contribution in [1.82, 2.24) is 19.4 Å². The normalized spacial score (nSPS) is 13.2. The van der Waals surface area contributed by atoms with Gasteiger partial charge < -0.3 is 4.57 Å². The maximum Gasteiger partial charge on any atom is 0.286 e. The Balaban J connectivity index is 2.11. The summed E-state index contributed by atoms with van der Waals surface area (Å²) < 4.78 is 67.2. The predicted octanol–water partition coefficient (Wildman–Crippen LogP) is 4.44. The van der Waals surface area contributed by atoms with E-state index in [2.05, 4.69) is 14.8 Å². The van der Waals surface area contributed by atoms with Crippen molar-refractivity contribution in [2.24, 2.45) is 0 Å². The molecule has 3 rings (SSSR count). The van der Waals surface area contributed by atoms with Crippen LogP contribution in [0.3, 0.4) is 0 Å². The SMILES string of the molecule is Cc1c(Cc2ccc(S(C)(=O)=O)nc2)c2nc(C(C)(F)F)ccc2n1C/C(F)=C/CNCl. The number of hydrogen-bond donors (Lipinski definition) is 1. The second kappa shape index (κ2) is 9.21. The van der Waals surface area contributed by atoms with Gasteiger partial charge in [-0.3, -0.25) is 0 Å². The van der Waals surface area contributed by atoms with Crippen LogP contribution in [0.15, 0.2) is 47.4 Å². The van der Waals surface area contributed by atoms with Gasteiger partial charge in [0.15, 0.2) is 14.9 Å². The van der Waals surface area contributed by atoms with Crippen molar-refractivity contribution in [2.75, 3.05) is 12.8 Å². The summed E-state index contributed by atoms with van der Waals surface area (Å²) in [5, 5.41) is -0.0634. The number of allylic oxidation sites excluding steroid dienone is 1. The molecule has 0 atom stereocenters. The lowest BCUT2D eigenvalue weighted by molar-refractivity contribution is 0.0131. The van der Waals surface area contributed by atoms with Crippen LogP contribution in [-0.2, 0) is 28.7 Å². The van der Waals surface area contributed by atoms with E-state index < -0.39 is 27.3 Å². The monoisotopic (exact) mass is 486 g/mol. The number of rotatable bonds is 8. The fraction of sp³-hybridized carbons (Fsp3) is 0.333. The molecule has 0 saturated carbocycles. The van der Waals surface area contributed by atoms with Crippen LogP contribution in [0.5, 0.6) is 0 Å². The standard InChI is InChI=1S/C21H22ClF3N4O2S/c1-13-16(10-14-4-7-19(26-11-14)32(3,30)31)20-17(5-6-18(28-20)21(2,24)25)29(13)12-15(23)8-9-27-22/h4-8,11,27H,9-10,12H2,1-3H3/b15-8-. The summed E-state index contributed by atoms with van der Waals surface area (Å²) in [4.78, 5) is 10.5. The Morgan fingerprint density at radius 3 is 2.56 bits per heavy atom. The third-order valence-electron chi connectivity index (χ3n) is 5.01. The number of hydrogen-bond acceptors (Lipinski definition) is 5. The maximum atomic E-state index is 14.4. The first-order valence-corrected chi connectivity index (χ1v) is 11.9. The van der Waals surface area contributed by atoms with Crippen LogP contribution >= 0.6 is 11.8 Å². The molecular formula is C21H22ClF3N4O2S. The van der Waals surface area contributed by atoms with Crippen molar-refractivity contribution in [3.63, 3.8) is 0 Å². The number of pyridine rings is 2. The van der Waals surface area contributed by atoms with Gasteiger partial charge in [0.25, 0.3) is 5.92 Å². The van der Waals surface area contributed by atoms with E-state index in [0.29, 0.717) is 27.9 Å². The minimum absolute atomic E-state index is 0.0634. The lowest BCUT2D eigenvalue weighted by atomic mass is 10.1. The lowest BCUT2D eigenvalue weighted by Gasteiger charge is -2.10. The Bertz CT molecular complexity index is 1270. The molecule has 172 valence electrons. The van der Waals surface area contributed by atoms with Gasteiger partial charge in [-0.15, -0.1) is 0 Å². The van der Waals surface area contributed by atoms with Crippen LogP contribution in [0.25, 0.3) is 11.0 Å². The quantitative estimate of drug-likeness (QED) is 0.476. The van der Waals surface area contributed by atoms with Gasteiger partial charge in [-0.1, -0.05) is 6.07 Å². The fourth-order valence-corrected chi connectivity index (χ4v) is 4.01. The number of fused-ring (bicyclic) bond motifs is 1. The largest absolute Gasteiger partial charge is 0.336 e. The van der Waals surface area contributed by atoms with Gasteiger partial charge in [0.1, 0.15) is 11.5 Å². The van der Waals surface area contributed by atoms with Crippen molar-refractivity contribution in [3.8, 4) is 0 Å². The third-order valence-corrected chi connectivity index (χ3v) is 6.17. The Labute approximate surface area is 189 Å². The number of aromatic nitrogens is 3. The fourth-order valence-electron chi connectivity index (χ4n) is 3.37. The number of nitrogens with zero attached hydrogens (tertiary/aromatic N) is 3. The van der Waals surface area contributed by atoms with Crippen LogP contribution < -0.4 is 4.84 Å². The summed E-state index contributed by atoms with van der Waals surface area (Å²) in [6, 6.07) is 5.73. The van der Waals surface area contributed by atoms with E-state index in [-0.39, 0.29) is 24.5 Å². The molecule has 6 nitrogen and oxygen atoms in total. The minimum Gasteiger partial charge on any atom is -0.336 e. The molecule has 3 heterocycles. The molecule has 3 aromatic heterocycles. The summed E-state index contributed by atoms with van der Waals surface area (Å²) in [7, 11) is -3.45. The lowest BCUT2D eigenvalue weighted by Crippen LogP contribution is -2.09. The molecule has 1 N–H and O–H groups in total. The number of alkyl halides is 2. The van der Waals surface area contributed by atoms with E-state index in [9.17, 15) is 21.6 Å². The molecule has 0 saturated heterocycles. The molecule has 0 aliphatic rings. The molecule has 0 amide bonds. The van der Waals surface area contributed by atoms with Gasteiger partial charge in [0.05, 0.1) is 17.6 Å². The molecule has 0 aliphatic heterocycles. The summed E-state index contributed by atoms with van der Waals surface area (Å²) in [5.74, 6) is -3.59. The zero-order valence-electron chi connectivity index (χ0n) is 17.7. The van der Waals surface area contributed by atoms with E-state index in [0.717, 1.165) is 13.2 Å². The summed E-state index contributed by atoms with van der Waals surface area (Å²) in [6.45, 7) is 2.53. The second-order valence-corrected chi connectivity index (χ2v) is 9.77. The first kappa shape index (κ1) is 24.2. The summed E-state index contributed by atoms with van der Waals surface area (Å²) in [6.07, 6.45) is 4.02. The summed E-state index contributed by atoms with van der Waals surface area (Å²) in [5.41, 5.74) is 2.39. The average molecular weight is 487 g/mol. The molecule has 0 aliphatic carbocycles. The summed E-state index contributed by atoms with van der Waals surface area (Å²) >= 11 is 5.38. The zero-order valence-corrected chi connectivity index (χ0v) is 19.2. The topological polar surface area (TPSA) is 76.9 Å². The molecule has 0 unspecified atom stereocenters. The van der Waals surface area contributed by atoms with Crippen molar-refractivity contribution < 1.29 is 21.6 Å². The molecule has 0 spiro atoms. The van der Waals surface area contributed by atoms with Crippen molar-refractivity contribution >= 4 is 32.6 Å². The van der Waals surface area contributed by atoms with Gasteiger partial charge >= 0.3 is 0 Å². The second-order valence-electron chi connectivity index (χ2n) is 7.55. The predicted molar refractivity (Wildman–Crippen MR) is 117 cm³/mol. The molecule has 0 fully saturated rings. The molecule has 3 aromatic rings. The molecule has 0 aromatic carbocycles. The Hall–Kier alpha value is -2.43. The van der Waals surface area contributed by atoms with Crippen molar-refractivity contribution in [3.05, 3.63) is 64.9 Å². The van der Waals surface area contributed by atoms with Gasteiger partial charge in [-0.05, 0) is 48.5 Å². The van der Waals surface area contributed by atoms with Crippen LogP contribution in [0.1, 0.15) is 29.4 Å². The zero-order chi connectivity index (χ0) is 23.7. The Morgan fingerprint density at radius 2 is 2.00 bits per heavy atom. The van der Waals surface area contributed by atoms with Gasteiger partial charge in [-0.25, -0.2) is 27.6 Å². The van der Waals surface area contributed by atoms with Crippen LogP contribution in [0.4, 0.5) is 13.2 Å². The van der Waals surface area contributed by atoms with Crippen molar-refractivity contribution in [2.45, 2.75) is 37.8 Å². The number of sulfone groups is 1. The maximum absolute atomic E-state index is 14.4. The molecular weight excluding hydrogens is 465 g/mol. The van der Waals surface area contributed by atoms with E-state index in [1.165, 1.54) is 30.5 Å². The van der Waals surface area contributed by atoms with E-state index in [4.69, 9.17) is 11.8 Å². The highest BCUT2D eigenvalue weighted by Gasteiger charge is 2.28. The van der Waals surface area contributed by atoms with Crippen LogP contribution in [0, 0.1) is 6.92 Å². The van der Waals surface area contributed by atoms with Crippen LogP contribution in [-0.4, -0.2) is 35.8 Å². The van der Waals surface area contributed by atoms with Gasteiger partial charge in [0.2, 0.25) is 0 Å². The van der Waals surface area contributed by atoms with E-state index in [1.807, 2.05) is 0 Å². The van der Waals surface area contributed by atoms with E-state index >= 15 is 0 Å². The molecule has 32 heavy (non-hydrogen) atoms. The molecule has 11 heteroatoms.